The van der Waals surface area contributed by atoms with Gasteiger partial charge in [-0.25, -0.2) is 5.43 Å². The number of rotatable bonds is 9. The molecule has 3 aromatic rings. The first-order valence-corrected chi connectivity index (χ1v) is 9.79. The lowest BCUT2D eigenvalue weighted by Gasteiger charge is -2.12. The minimum absolute atomic E-state index is 0.0721. The molecule has 0 aliphatic rings. The largest absolute Gasteiger partial charge is 0.490 e. The van der Waals surface area contributed by atoms with Gasteiger partial charge in [0, 0.05) is 0 Å². The molecule has 3 N–H and O–H groups in total. The van der Waals surface area contributed by atoms with Crippen LogP contribution >= 0.6 is 11.3 Å². The van der Waals surface area contributed by atoms with Gasteiger partial charge < -0.3 is 15.2 Å². The first-order chi connectivity index (χ1) is 14.1. The topological polar surface area (TPSA) is 112 Å². The Labute approximate surface area is 172 Å². The van der Waals surface area contributed by atoms with Crippen LogP contribution in [-0.2, 0) is 17.8 Å². The number of nitrogens with one attached hydrogen (secondary N) is 1. The summed E-state index contributed by atoms with van der Waals surface area (Å²) >= 11 is 1.17. The van der Waals surface area contributed by atoms with E-state index in [2.05, 4.69) is 20.7 Å². The van der Waals surface area contributed by atoms with E-state index in [1.165, 1.54) is 17.6 Å². The monoisotopic (exact) mass is 411 g/mol. The summed E-state index contributed by atoms with van der Waals surface area (Å²) < 4.78 is 11.6. The second-order valence-electron chi connectivity index (χ2n) is 5.92. The molecule has 0 radical (unpaired) electrons. The molecule has 0 saturated carbocycles. The summed E-state index contributed by atoms with van der Waals surface area (Å²) in [6.45, 7) is 2.85. The first kappa shape index (κ1) is 20.3. The van der Waals surface area contributed by atoms with Gasteiger partial charge in [-0.2, -0.15) is 5.10 Å². The maximum Gasteiger partial charge on any atom is 0.247 e. The number of hydrogen-bond acceptors (Lipinski definition) is 8. The van der Waals surface area contributed by atoms with Crippen molar-refractivity contribution < 1.29 is 14.3 Å². The van der Waals surface area contributed by atoms with Crippen LogP contribution in [0.2, 0.25) is 0 Å². The minimum Gasteiger partial charge on any atom is -0.490 e. The molecular weight excluding hydrogens is 390 g/mol. The van der Waals surface area contributed by atoms with Gasteiger partial charge in [-0.3, -0.25) is 4.79 Å². The zero-order valence-electron chi connectivity index (χ0n) is 15.9. The van der Waals surface area contributed by atoms with E-state index in [1.807, 2.05) is 55.5 Å². The highest BCUT2D eigenvalue weighted by Gasteiger charge is 2.08. The van der Waals surface area contributed by atoms with Crippen molar-refractivity contribution in [2.75, 3.05) is 12.3 Å². The fourth-order valence-corrected chi connectivity index (χ4v) is 3.03. The second-order valence-corrected chi connectivity index (χ2v) is 7.01. The molecule has 8 nitrogen and oxygen atoms in total. The highest BCUT2D eigenvalue weighted by Crippen LogP contribution is 2.28. The summed E-state index contributed by atoms with van der Waals surface area (Å²) in [7, 11) is 0. The number of nitrogen functional groups attached to an aromatic ring is 1. The van der Waals surface area contributed by atoms with Gasteiger partial charge in [-0.15, -0.1) is 10.2 Å². The molecule has 0 spiro atoms. The Morgan fingerprint density at radius 3 is 2.72 bits per heavy atom. The van der Waals surface area contributed by atoms with Crippen molar-refractivity contribution in [3.8, 4) is 11.5 Å². The van der Waals surface area contributed by atoms with Crippen molar-refractivity contribution in [3.63, 3.8) is 0 Å². The predicted octanol–water partition coefficient (Wildman–Crippen LogP) is 2.79. The Hall–Kier alpha value is -3.46. The van der Waals surface area contributed by atoms with E-state index < -0.39 is 0 Å². The molecule has 0 bridgehead atoms. The molecule has 1 amide bonds. The van der Waals surface area contributed by atoms with Gasteiger partial charge in [0.2, 0.25) is 11.0 Å². The number of nitrogens with two attached hydrogens (primary N) is 1. The zero-order valence-corrected chi connectivity index (χ0v) is 16.7. The van der Waals surface area contributed by atoms with Gasteiger partial charge in [-0.1, -0.05) is 41.7 Å². The number of ether oxygens (including phenoxy) is 2. The Kier molecular flexibility index (Phi) is 7.12. The maximum atomic E-state index is 11.9. The number of carbonyl (C=O) groups excluding carboxylic acids is 1. The van der Waals surface area contributed by atoms with Gasteiger partial charge in [0.05, 0.1) is 19.2 Å². The predicted molar refractivity (Wildman–Crippen MR) is 112 cm³/mol. The van der Waals surface area contributed by atoms with Crippen LogP contribution in [0.5, 0.6) is 11.5 Å². The molecule has 0 atom stereocenters. The SMILES string of the molecule is CCOc1cc(/C=N\NC(=O)Cc2nnc(N)s2)ccc1OCc1ccccc1. The Bertz CT molecular complexity index is 975. The third kappa shape index (κ3) is 6.28. The third-order valence-corrected chi connectivity index (χ3v) is 4.45. The third-order valence-electron chi connectivity index (χ3n) is 3.70. The van der Waals surface area contributed by atoms with Crippen LogP contribution in [0.3, 0.4) is 0 Å². The summed E-state index contributed by atoms with van der Waals surface area (Å²) in [6.07, 6.45) is 1.61. The van der Waals surface area contributed by atoms with Gasteiger partial charge in [0.25, 0.3) is 0 Å². The van der Waals surface area contributed by atoms with E-state index in [1.54, 1.807) is 0 Å². The number of benzene rings is 2. The molecular formula is C20H21N5O3S. The van der Waals surface area contributed by atoms with Crippen LogP contribution in [0.25, 0.3) is 0 Å². The highest BCUT2D eigenvalue weighted by molar-refractivity contribution is 7.15. The standard InChI is InChI=1S/C20H21N5O3S/c1-2-27-17-10-15(8-9-16(17)28-13-14-6-4-3-5-7-14)12-22-23-18(26)11-19-24-25-20(21)29-19/h3-10,12H,2,11,13H2,1H3,(H2,21,25)(H,23,26)/b22-12-. The van der Waals surface area contributed by atoms with Crippen molar-refractivity contribution >= 4 is 28.6 Å². The van der Waals surface area contributed by atoms with Gasteiger partial charge in [0.15, 0.2) is 11.5 Å². The summed E-state index contributed by atoms with van der Waals surface area (Å²) in [6, 6.07) is 15.4. The van der Waals surface area contributed by atoms with E-state index in [9.17, 15) is 4.79 Å². The van der Waals surface area contributed by atoms with E-state index in [4.69, 9.17) is 15.2 Å². The molecule has 2 aromatic carbocycles. The van der Waals surface area contributed by atoms with Crippen LogP contribution in [0.15, 0.2) is 53.6 Å². The molecule has 150 valence electrons. The van der Waals surface area contributed by atoms with Gasteiger partial charge in [-0.05, 0) is 36.2 Å². The van der Waals surface area contributed by atoms with E-state index >= 15 is 0 Å². The number of anilines is 1. The van der Waals surface area contributed by atoms with Crippen molar-refractivity contribution in [2.24, 2.45) is 5.10 Å². The van der Waals surface area contributed by atoms with E-state index in [0.717, 1.165) is 11.1 Å². The Morgan fingerprint density at radius 1 is 1.17 bits per heavy atom. The lowest BCUT2D eigenvalue weighted by atomic mass is 10.2. The van der Waals surface area contributed by atoms with Crippen molar-refractivity contribution in [2.45, 2.75) is 20.0 Å². The smallest absolute Gasteiger partial charge is 0.247 e. The molecule has 9 heteroatoms. The van der Waals surface area contributed by atoms with E-state index in [0.29, 0.717) is 34.9 Å². The van der Waals surface area contributed by atoms with Crippen LogP contribution < -0.4 is 20.6 Å². The molecule has 1 aromatic heterocycles. The molecule has 1 heterocycles. The average molecular weight is 411 g/mol. The number of nitrogens with zero attached hydrogens (tertiary/aromatic N) is 3. The number of aromatic nitrogens is 2. The molecule has 29 heavy (non-hydrogen) atoms. The fourth-order valence-electron chi connectivity index (χ4n) is 2.42. The molecule has 0 aliphatic carbocycles. The molecule has 0 unspecified atom stereocenters. The molecule has 3 rings (SSSR count). The normalized spacial score (nSPS) is 10.8. The first-order valence-electron chi connectivity index (χ1n) is 8.97. The number of hydrogen-bond donors (Lipinski definition) is 2. The number of amides is 1. The summed E-state index contributed by atoms with van der Waals surface area (Å²) in [5, 5.41) is 12.3. The average Bonchev–Trinajstić information content (AvgIpc) is 3.13. The van der Waals surface area contributed by atoms with E-state index in [-0.39, 0.29) is 12.3 Å². The second kappa shape index (κ2) is 10.2. The number of hydrazone groups is 1. The molecule has 0 aliphatic heterocycles. The lowest BCUT2D eigenvalue weighted by Crippen LogP contribution is -2.19. The van der Waals surface area contributed by atoms with Crippen molar-refractivity contribution in [1.82, 2.24) is 15.6 Å². The highest BCUT2D eigenvalue weighted by atomic mass is 32.1. The molecule has 0 saturated heterocycles. The minimum atomic E-state index is -0.301. The number of carbonyl (C=O) groups is 1. The maximum absolute atomic E-state index is 11.9. The summed E-state index contributed by atoms with van der Waals surface area (Å²) in [5.74, 6) is 0.957. The van der Waals surface area contributed by atoms with Crippen LogP contribution in [0, 0.1) is 0 Å². The van der Waals surface area contributed by atoms with Crippen LogP contribution in [0.1, 0.15) is 23.1 Å². The van der Waals surface area contributed by atoms with Crippen molar-refractivity contribution in [3.05, 3.63) is 64.7 Å². The quantitative estimate of drug-likeness (QED) is 0.414. The Balaban J connectivity index is 1.59. The Morgan fingerprint density at radius 2 is 2.00 bits per heavy atom. The van der Waals surface area contributed by atoms with Crippen molar-refractivity contribution in [1.29, 1.82) is 0 Å². The van der Waals surface area contributed by atoms with Crippen LogP contribution in [0.4, 0.5) is 5.13 Å². The summed E-state index contributed by atoms with van der Waals surface area (Å²) in [5.41, 5.74) is 9.79. The molecule has 0 fully saturated rings. The fraction of sp³-hybridized carbons (Fsp3) is 0.200. The van der Waals surface area contributed by atoms with Gasteiger partial charge in [0.1, 0.15) is 11.6 Å². The zero-order chi connectivity index (χ0) is 20.5. The van der Waals surface area contributed by atoms with Crippen LogP contribution in [-0.4, -0.2) is 28.9 Å². The van der Waals surface area contributed by atoms with Gasteiger partial charge >= 0.3 is 0 Å². The lowest BCUT2D eigenvalue weighted by molar-refractivity contribution is -0.120. The summed E-state index contributed by atoms with van der Waals surface area (Å²) in [4.78, 5) is 11.9.